The minimum atomic E-state index is 0.0653. The highest BCUT2D eigenvalue weighted by atomic mass is 16.2. The van der Waals surface area contributed by atoms with Crippen molar-refractivity contribution in [2.45, 2.75) is 51.6 Å². The van der Waals surface area contributed by atoms with Crippen LogP contribution < -0.4 is 10.6 Å². The van der Waals surface area contributed by atoms with E-state index in [4.69, 9.17) is 0 Å². The first-order valence-corrected chi connectivity index (χ1v) is 17.6. The molecule has 0 aliphatic rings. The first-order chi connectivity index (χ1) is 24.6. The van der Waals surface area contributed by atoms with E-state index in [9.17, 15) is 9.59 Å². The smallest absolute Gasteiger partial charge is 0.220 e. The van der Waals surface area contributed by atoms with E-state index >= 15 is 0 Å². The van der Waals surface area contributed by atoms with Crippen molar-refractivity contribution in [3.63, 3.8) is 0 Å². The second-order valence-electron chi connectivity index (χ2n) is 12.8. The van der Waals surface area contributed by atoms with Gasteiger partial charge in [0, 0.05) is 25.9 Å². The van der Waals surface area contributed by atoms with Gasteiger partial charge in [-0.3, -0.25) is 9.59 Å². The third-order valence-electron chi connectivity index (χ3n) is 9.07. The van der Waals surface area contributed by atoms with Crippen molar-refractivity contribution in [2.24, 2.45) is 0 Å². The molecule has 6 rings (SSSR count). The number of amides is 2. The fourth-order valence-corrected chi connectivity index (χ4v) is 6.15. The minimum absolute atomic E-state index is 0.0653. The van der Waals surface area contributed by atoms with E-state index in [1.165, 1.54) is 27.8 Å². The number of carbonyl (C=O) groups excluding carboxylic acids is 2. The Morgan fingerprint density at radius 2 is 0.700 bits per heavy atom. The zero-order valence-electron chi connectivity index (χ0n) is 28.5. The van der Waals surface area contributed by atoms with Gasteiger partial charge in [-0.25, -0.2) is 0 Å². The van der Waals surface area contributed by atoms with Gasteiger partial charge >= 0.3 is 0 Å². The van der Waals surface area contributed by atoms with Crippen LogP contribution in [0.4, 0.5) is 0 Å². The molecule has 4 nitrogen and oxygen atoms in total. The highest BCUT2D eigenvalue weighted by Crippen LogP contribution is 2.27. The van der Waals surface area contributed by atoms with Crippen molar-refractivity contribution in [2.75, 3.05) is 0 Å². The van der Waals surface area contributed by atoms with Crippen LogP contribution in [0, 0.1) is 0 Å². The number of hydrogen-bond acceptors (Lipinski definition) is 2. The van der Waals surface area contributed by atoms with Crippen molar-refractivity contribution in [1.29, 1.82) is 0 Å². The lowest BCUT2D eigenvalue weighted by Gasteiger charge is -2.09. The van der Waals surface area contributed by atoms with Crippen LogP contribution in [0.15, 0.2) is 158 Å². The van der Waals surface area contributed by atoms with E-state index in [1.54, 1.807) is 0 Å². The molecule has 250 valence electrons. The quantitative estimate of drug-likeness (QED) is 0.108. The van der Waals surface area contributed by atoms with E-state index in [0.29, 0.717) is 25.9 Å². The largest absolute Gasteiger partial charge is 0.352 e. The van der Waals surface area contributed by atoms with E-state index in [1.807, 2.05) is 24.3 Å². The van der Waals surface area contributed by atoms with Gasteiger partial charge < -0.3 is 10.6 Å². The predicted octanol–water partition coefficient (Wildman–Crippen LogP) is 10.6. The van der Waals surface area contributed by atoms with Gasteiger partial charge in [-0.05, 0) is 74.5 Å². The molecule has 2 N–H and O–H groups in total. The molecule has 0 aliphatic heterocycles. The van der Waals surface area contributed by atoms with Gasteiger partial charge in [-0.2, -0.15) is 0 Å². The summed E-state index contributed by atoms with van der Waals surface area (Å²) in [6, 6.07) is 54.7. The summed E-state index contributed by atoms with van der Waals surface area (Å²) in [7, 11) is 0. The Morgan fingerprint density at radius 1 is 0.340 bits per heavy atom. The molecule has 0 saturated carbocycles. The first kappa shape index (κ1) is 34.1. The van der Waals surface area contributed by atoms with Gasteiger partial charge in [0.25, 0.3) is 0 Å². The fourth-order valence-electron chi connectivity index (χ4n) is 6.15. The average Bonchev–Trinajstić information content (AvgIpc) is 3.19. The highest BCUT2D eigenvalue weighted by molar-refractivity contribution is 5.77. The van der Waals surface area contributed by atoms with Crippen LogP contribution in [-0.2, 0) is 22.7 Å². The molecule has 50 heavy (non-hydrogen) atoms. The maximum Gasteiger partial charge on any atom is 0.220 e. The summed E-state index contributed by atoms with van der Waals surface area (Å²) in [4.78, 5) is 24.9. The normalized spacial score (nSPS) is 10.8. The fraction of sp³-hybridized carbons (Fsp3) is 0.174. The number of unbranched alkanes of at least 4 members (excludes halogenated alkanes) is 3. The molecular formula is C46H44N2O2. The van der Waals surface area contributed by atoms with Crippen LogP contribution in [0.25, 0.3) is 44.5 Å². The summed E-state index contributed by atoms with van der Waals surface area (Å²) in [5.74, 6) is 0.133. The summed E-state index contributed by atoms with van der Waals surface area (Å²) < 4.78 is 0. The molecule has 0 heterocycles. The van der Waals surface area contributed by atoms with Gasteiger partial charge in [0.2, 0.25) is 11.8 Å². The molecule has 0 aromatic heterocycles. The van der Waals surface area contributed by atoms with Crippen molar-refractivity contribution in [3.05, 3.63) is 169 Å². The van der Waals surface area contributed by atoms with Crippen molar-refractivity contribution in [1.82, 2.24) is 10.6 Å². The van der Waals surface area contributed by atoms with Crippen LogP contribution in [0.1, 0.15) is 49.7 Å². The molecule has 0 fully saturated rings. The number of carbonyl (C=O) groups is 2. The third-order valence-corrected chi connectivity index (χ3v) is 9.07. The van der Waals surface area contributed by atoms with Crippen LogP contribution in [0.3, 0.4) is 0 Å². The SMILES string of the molecule is O=C(CCCCCCC(=O)NCc1cccc(-c2ccc(-c3ccccc3)cc2)c1)NCc1ccc(-c2ccc(-c3ccccc3)cc2)cc1. The Bertz CT molecular complexity index is 1950. The summed E-state index contributed by atoms with van der Waals surface area (Å²) >= 11 is 0. The molecule has 2 amide bonds. The van der Waals surface area contributed by atoms with E-state index in [2.05, 4.69) is 144 Å². The molecule has 4 heteroatoms. The lowest BCUT2D eigenvalue weighted by atomic mass is 9.99. The molecule has 0 saturated heterocycles. The van der Waals surface area contributed by atoms with Gasteiger partial charge in [-0.1, -0.05) is 165 Å². The number of nitrogens with one attached hydrogen (secondary N) is 2. The number of rotatable bonds is 15. The average molecular weight is 657 g/mol. The third kappa shape index (κ3) is 9.90. The van der Waals surface area contributed by atoms with Gasteiger partial charge in [-0.15, -0.1) is 0 Å². The maximum absolute atomic E-state index is 12.5. The summed E-state index contributed by atoms with van der Waals surface area (Å²) in [6.07, 6.45) is 4.52. The zero-order valence-corrected chi connectivity index (χ0v) is 28.5. The monoisotopic (exact) mass is 656 g/mol. The Hall–Kier alpha value is -5.74. The molecule has 0 bridgehead atoms. The second-order valence-corrected chi connectivity index (χ2v) is 12.8. The zero-order chi connectivity index (χ0) is 34.4. The Kier molecular flexibility index (Phi) is 12.0. The lowest BCUT2D eigenvalue weighted by molar-refractivity contribution is -0.122. The lowest BCUT2D eigenvalue weighted by Crippen LogP contribution is -2.22. The maximum atomic E-state index is 12.5. The molecule has 0 radical (unpaired) electrons. The molecule has 6 aromatic carbocycles. The Morgan fingerprint density at radius 3 is 1.16 bits per heavy atom. The van der Waals surface area contributed by atoms with Crippen LogP contribution in [0.2, 0.25) is 0 Å². The molecule has 0 spiro atoms. The van der Waals surface area contributed by atoms with E-state index in [-0.39, 0.29) is 11.8 Å². The van der Waals surface area contributed by atoms with Gasteiger partial charge in [0.15, 0.2) is 0 Å². The van der Waals surface area contributed by atoms with E-state index < -0.39 is 0 Å². The van der Waals surface area contributed by atoms with Gasteiger partial charge in [0.05, 0.1) is 0 Å². The number of benzene rings is 6. The second kappa shape index (κ2) is 17.6. The van der Waals surface area contributed by atoms with Crippen LogP contribution >= 0.6 is 0 Å². The summed E-state index contributed by atoms with van der Waals surface area (Å²) in [5, 5.41) is 6.11. The highest BCUT2D eigenvalue weighted by Gasteiger charge is 2.07. The predicted molar refractivity (Wildman–Crippen MR) is 206 cm³/mol. The molecule has 0 unspecified atom stereocenters. The van der Waals surface area contributed by atoms with Crippen molar-refractivity contribution >= 4 is 11.8 Å². The van der Waals surface area contributed by atoms with Crippen molar-refractivity contribution in [3.8, 4) is 44.5 Å². The van der Waals surface area contributed by atoms with Crippen LogP contribution in [0.5, 0.6) is 0 Å². The van der Waals surface area contributed by atoms with E-state index in [0.717, 1.165) is 53.5 Å². The number of hydrogen-bond donors (Lipinski definition) is 2. The molecule has 0 atom stereocenters. The standard InChI is InChI=1S/C46H44N2O2/c49-45(47-33-35-20-22-39(23-21-35)42-26-24-40(25-27-42)37-13-5-3-6-14-37)18-9-1-2-10-19-46(50)48-34-36-12-11-17-44(32-36)43-30-28-41(29-31-43)38-15-7-4-8-16-38/h3-8,11-17,20-32H,1-2,9-10,18-19,33-34H2,(H,47,49)(H,48,50). The topological polar surface area (TPSA) is 58.2 Å². The molecule has 0 aliphatic carbocycles. The van der Waals surface area contributed by atoms with Crippen LogP contribution in [-0.4, -0.2) is 11.8 Å². The molecule has 6 aromatic rings. The Balaban J connectivity index is 0.837. The molecular weight excluding hydrogens is 613 g/mol. The first-order valence-electron chi connectivity index (χ1n) is 17.6. The van der Waals surface area contributed by atoms with Crippen molar-refractivity contribution < 1.29 is 9.59 Å². The Labute approximate surface area is 296 Å². The van der Waals surface area contributed by atoms with Gasteiger partial charge in [0.1, 0.15) is 0 Å². The summed E-state index contributed by atoms with van der Waals surface area (Å²) in [6.45, 7) is 1.04. The minimum Gasteiger partial charge on any atom is -0.352 e. The summed E-state index contributed by atoms with van der Waals surface area (Å²) in [5.41, 5.74) is 11.6.